The Bertz CT molecular complexity index is 1660. The molecule has 4 fully saturated rings. The maximum absolute atomic E-state index is 15.6. The largest absolute Gasteiger partial charge is 0.384 e. The molecular formula is C30H32FN5O2. The number of hydrogen-bond donors (Lipinski definition) is 1. The van der Waals surface area contributed by atoms with Crippen LogP contribution in [0.2, 0.25) is 0 Å². The van der Waals surface area contributed by atoms with Gasteiger partial charge in [-0.2, -0.15) is 0 Å². The topological polar surface area (TPSA) is 76.2 Å². The van der Waals surface area contributed by atoms with Gasteiger partial charge in [-0.25, -0.2) is 14.4 Å². The van der Waals surface area contributed by atoms with E-state index in [1.807, 2.05) is 24.1 Å². The average Bonchev–Trinajstić information content (AvgIpc) is 3.52. The summed E-state index contributed by atoms with van der Waals surface area (Å²) in [6, 6.07) is 9.38. The molecule has 8 heteroatoms. The van der Waals surface area contributed by atoms with Gasteiger partial charge in [-0.05, 0) is 93.5 Å². The standard InChI is InChI=1S/C30H32FN5O2/c1-30(2,38)24-7-6-16-11-23(35(27(16)33-24)13-15-4-5-15)28-32-21-10-18(9-20(31)26(21)34(28)3)29(37)36-14-19-8-17-12-22(36)25(17)19/h6-7,9-11,15,17,19,22,25,38H,4-5,8,12-14H2,1-3H3/t17?,19-,22-,25-/m1/s1. The van der Waals surface area contributed by atoms with Gasteiger partial charge < -0.3 is 19.1 Å². The number of carbonyl (C=O) groups is 1. The van der Waals surface area contributed by atoms with Crippen molar-refractivity contribution in [1.82, 2.24) is 24.0 Å². The van der Waals surface area contributed by atoms with Gasteiger partial charge in [0.15, 0.2) is 5.82 Å². The number of benzene rings is 1. The molecule has 4 aliphatic rings. The summed E-state index contributed by atoms with van der Waals surface area (Å²) in [5.74, 6) is 2.85. The molecule has 1 unspecified atom stereocenters. The van der Waals surface area contributed by atoms with Crippen molar-refractivity contribution in [2.24, 2.45) is 30.7 Å². The molecule has 1 aromatic carbocycles. The highest BCUT2D eigenvalue weighted by Gasteiger charge is 2.61. The van der Waals surface area contributed by atoms with Crippen molar-refractivity contribution in [1.29, 1.82) is 0 Å². The van der Waals surface area contributed by atoms with E-state index in [0.29, 0.717) is 51.9 Å². The van der Waals surface area contributed by atoms with E-state index in [1.165, 1.54) is 25.3 Å². The number of likely N-dealkylation sites (tertiary alicyclic amines) is 1. The number of carbonyl (C=O) groups excluding carboxylic acids is 1. The molecule has 0 bridgehead atoms. The van der Waals surface area contributed by atoms with E-state index in [0.717, 1.165) is 42.2 Å². The highest BCUT2D eigenvalue weighted by Crippen LogP contribution is 2.60. The van der Waals surface area contributed by atoms with Gasteiger partial charge in [0.1, 0.15) is 22.6 Å². The Morgan fingerprint density at radius 2 is 1.95 bits per heavy atom. The number of pyridine rings is 1. The molecule has 4 aromatic rings. The van der Waals surface area contributed by atoms with Gasteiger partial charge in [0, 0.05) is 37.1 Å². The highest BCUT2D eigenvalue weighted by atomic mass is 19.1. The van der Waals surface area contributed by atoms with Crippen LogP contribution in [0, 0.1) is 29.5 Å². The van der Waals surface area contributed by atoms with Crippen LogP contribution in [-0.2, 0) is 19.2 Å². The Hall–Kier alpha value is -3.26. The van der Waals surface area contributed by atoms with Crippen LogP contribution < -0.4 is 0 Å². The second kappa shape index (κ2) is 7.44. The van der Waals surface area contributed by atoms with Crippen molar-refractivity contribution < 1.29 is 14.3 Å². The van der Waals surface area contributed by atoms with Gasteiger partial charge in [0.25, 0.3) is 5.91 Å². The molecule has 1 saturated heterocycles. The number of fused-ring (bicyclic) bond motifs is 2. The zero-order valence-corrected chi connectivity index (χ0v) is 22.0. The number of imidazole rings is 1. The molecule has 1 amide bonds. The van der Waals surface area contributed by atoms with E-state index >= 15 is 4.39 Å². The number of aliphatic hydroxyl groups is 1. The number of hydrogen-bond acceptors (Lipinski definition) is 4. The first-order chi connectivity index (χ1) is 18.2. The summed E-state index contributed by atoms with van der Waals surface area (Å²) in [6.45, 7) is 5.08. The molecule has 4 atom stereocenters. The van der Waals surface area contributed by atoms with Crippen molar-refractivity contribution in [2.45, 2.75) is 57.7 Å². The second-order valence-electron chi connectivity index (χ2n) is 12.7. The van der Waals surface area contributed by atoms with E-state index in [1.54, 1.807) is 24.5 Å². The Labute approximate surface area is 220 Å². The van der Waals surface area contributed by atoms with E-state index in [2.05, 4.69) is 10.6 Å². The molecule has 4 heterocycles. The van der Waals surface area contributed by atoms with Crippen molar-refractivity contribution in [3.8, 4) is 11.5 Å². The predicted octanol–water partition coefficient (Wildman–Crippen LogP) is 4.85. The number of aryl methyl sites for hydroxylation is 1. The third-order valence-corrected chi connectivity index (χ3v) is 9.68. The maximum Gasteiger partial charge on any atom is 0.254 e. The normalized spacial score (nSPS) is 26.1. The summed E-state index contributed by atoms with van der Waals surface area (Å²) in [6.07, 6.45) is 4.68. The Morgan fingerprint density at radius 3 is 2.66 bits per heavy atom. The summed E-state index contributed by atoms with van der Waals surface area (Å²) >= 11 is 0. The molecule has 3 aromatic heterocycles. The van der Waals surface area contributed by atoms with Crippen LogP contribution in [0.5, 0.6) is 0 Å². The fourth-order valence-corrected chi connectivity index (χ4v) is 7.41. The smallest absolute Gasteiger partial charge is 0.254 e. The fraction of sp³-hybridized carbons (Fsp3) is 0.500. The van der Waals surface area contributed by atoms with E-state index < -0.39 is 11.4 Å². The van der Waals surface area contributed by atoms with Crippen molar-refractivity contribution in [2.75, 3.05) is 6.54 Å². The van der Waals surface area contributed by atoms with Gasteiger partial charge in [0.05, 0.1) is 16.9 Å². The minimum Gasteiger partial charge on any atom is -0.384 e. The minimum absolute atomic E-state index is 0.0675. The second-order valence-corrected chi connectivity index (χ2v) is 12.7. The van der Waals surface area contributed by atoms with Crippen LogP contribution >= 0.6 is 0 Å². The summed E-state index contributed by atoms with van der Waals surface area (Å²) in [4.78, 5) is 25.2. The molecule has 38 heavy (non-hydrogen) atoms. The Kier molecular flexibility index (Phi) is 4.44. The molecule has 1 N–H and O–H groups in total. The molecule has 3 saturated carbocycles. The first-order valence-corrected chi connectivity index (χ1v) is 13.9. The minimum atomic E-state index is -1.05. The van der Waals surface area contributed by atoms with E-state index in [4.69, 9.17) is 9.97 Å². The van der Waals surface area contributed by atoms with Crippen LogP contribution in [0.1, 0.15) is 55.6 Å². The van der Waals surface area contributed by atoms with Gasteiger partial charge in [-0.1, -0.05) is 0 Å². The molecule has 3 aliphatic carbocycles. The van der Waals surface area contributed by atoms with Crippen LogP contribution in [0.3, 0.4) is 0 Å². The van der Waals surface area contributed by atoms with E-state index in [-0.39, 0.29) is 5.91 Å². The lowest BCUT2D eigenvalue weighted by Gasteiger charge is -2.52. The molecule has 196 valence electrons. The van der Waals surface area contributed by atoms with Crippen molar-refractivity contribution in [3.05, 3.63) is 47.4 Å². The number of nitrogens with zero attached hydrogens (tertiary/aromatic N) is 5. The highest BCUT2D eigenvalue weighted by molar-refractivity contribution is 5.98. The number of rotatable bonds is 5. The molecule has 0 spiro atoms. The zero-order chi connectivity index (χ0) is 26.1. The molecule has 1 aliphatic heterocycles. The van der Waals surface area contributed by atoms with Crippen molar-refractivity contribution >= 4 is 28.0 Å². The summed E-state index contributed by atoms with van der Waals surface area (Å²) in [5.41, 5.74) is 2.51. The third-order valence-electron chi connectivity index (χ3n) is 9.68. The third kappa shape index (κ3) is 3.12. The quantitative estimate of drug-likeness (QED) is 0.414. The van der Waals surface area contributed by atoms with Crippen LogP contribution in [0.15, 0.2) is 30.3 Å². The molecule has 7 nitrogen and oxygen atoms in total. The molecule has 8 rings (SSSR count). The predicted molar refractivity (Wildman–Crippen MR) is 142 cm³/mol. The van der Waals surface area contributed by atoms with Gasteiger partial charge in [0.2, 0.25) is 0 Å². The summed E-state index contributed by atoms with van der Waals surface area (Å²) in [7, 11) is 1.83. The lowest BCUT2D eigenvalue weighted by Crippen LogP contribution is -2.53. The number of aromatic nitrogens is 4. The fourth-order valence-electron chi connectivity index (χ4n) is 7.41. The summed E-state index contributed by atoms with van der Waals surface area (Å²) in [5, 5.41) is 11.5. The van der Waals surface area contributed by atoms with Gasteiger partial charge in [-0.15, -0.1) is 0 Å². The monoisotopic (exact) mass is 513 g/mol. The lowest BCUT2D eigenvalue weighted by atomic mass is 9.53. The van der Waals surface area contributed by atoms with Crippen molar-refractivity contribution in [3.63, 3.8) is 0 Å². The van der Waals surface area contributed by atoms with Crippen LogP contribution in [-0.4, -0.2) is 47.6 Å². The van der Waals surface area contributed by atoms with Crippen LogP contribution in [0.4, 0.5) is 4.39 Å². The summed E-state index contributed by atoms with van der Waals surface area (Å²) < 4.78 is 19.5. The molecular weight excluding hydrogens is 481 g/mol. The molecule has 0 radical (unpaired) electrons. The maximum atomic E-state index is 15.6. The van der Waals surface area contributed by atoms with Gasteiger partial charge >= 0.3 is 0 Å². The number of halogens is 1. The Balaban J connectivity index is 1.23. The van der Waals surface area contributed by atoms with Crippen LogP contribution in [0.25, 0.3) is 33.6 Å². The first kappa shape index (κ1) is 22.7. The first-order valence-electron chi connectivity index (χ1n) is 13.9. The lowest BCUT2D eigenvalue weighted by molar-refractivity contribution is -0.0204. The van der Waals surface area contributed by atoms with Gasteiger partial charge in [-0.3, -0.25) is 4.79 Å². The SMILES string of the molecule is Cn1c(-c2cc3ccc(C(C)(C)O)nc3n2CC2CC2)nc2cc(C(=O)N3C[C@H]4CC5C[C@@H]3[C@H]54)cc(F)c21. The number of amides is 1. The Morgan fingerprint density at radius 1 is 1.13 bits per heavy atom. The average molecular weight is 514 g/mol. The zero-order valence-electron chi connectivity index (χ0n) is 22.0. The van der Waals surface area contributed by atoms with E-state index in [9.17, 15) is 9.90 Å².